The van der Waals surface area contributed by atoms with Gasteiger partial charge in [-0.15, -0.1) is 0 Å². The number of carbonyl (C=O) groups is 1. The molecule has 1 saturated carbocycles. The van der Waals surface area contributed by atoms with E-state index in [-0.39, 0.29) is 11.1 Å². The normalized spacial score (nSPS) is 23.6. The molecule has 1 fully saturated rings. The van der Waals surface area contributed by atoms with Gasteiger partial charge in [0.25, 0.3) is 0 Å². The Kier molecular flexibility index (Phi) is 4.36. The minimum atomic E-state index is -0.317. The molecular formula is C14H17ClFNO. The monoisotopic (exact) mass is 269 g/mol. The Hall–Kier alpha value is -0.930. The van der Waals surface area contributed by atoms with Gasteiger partial charge < -0.3 is 0 Å². The highest BCUT2D eigenvalue weighted by Crippen LogP contribution is 2.36. The third-order valence-electron chi connectivity index (χ3n) is 3.74. The Morgan fingerprint density at radius 3 is 2.67 bits per heavy atom. The van der Waals surface area contributed by atoms with Crippen LogP contribution >= 0.6 is 11.6 Å². The van der Waals surface area contributed by atoms with E-state index in [1.165, 1.54) is 17.7 Å². The van der Waals surface area contributed by atoms with E-state index in [1.54, 1.807) is 0 Å². The third-order valence-corrected chi connectivity index (χ3v) is 3.86. The highest BCUT2D eigenvalue weighted by Gasteiger charge is 2.28. The van der Waals surface area contributed by atoms with Crippen LogP contribution in [0.3, 0.4) is 0 Å². The molecule has 1 unspecified atom stereocenters. The molecule has 1 aliphatic rings. The summed E-state index contributed by atoms with van der Waals surface area (Å²) >= 11 is 5.40. The van der Waals surface area contributed by atoms with Gasteiger partial charge in [0.2, 0.25) is 5.24 Å². The van der Waals surface area contributed by atoms with Crippen molar-refractivity contribution in [3.05, 3.63) is 35.6 Å². The van der Waals surface area contributed by atoms with E-state index in [1.807, 2.05) is 24.1 Å². The van der Waals surface area contributed by atoms with Crippen molar-refractivity contribution in [2.75, 3.05) is 13.6 Å². The number of hydrogen-bond donors (Lipinski definition) is 0. The summed E-state index contributed by atoms with van der Waals surface area (Å²) in [5, 5.41) is -0.317. The molecule has 0 amide bonds. The smallest absolute Gasteiger partial charge is 0.235 e. The van der Waals surface area contributed by atoms with Crippen molar-refractivity contribution >= 4 is 16.8 Å². The third kappa shape index (κ3) is 3.30. The van der Waals surface area contributed by atoms with E-state index in [9.17, 15) is 9.18 Å². The van der Waals surface area contributed by atoms with Gasteiger partial charge >= 0.3 is 0 Å². The highest BCUT2D eigenvalue weighted by molar-refractivity contribution is 6.64. The second-order valence-corrected chi connectivity index (χ2v) is 5.41. The molecule has 0 bridgehead atoms. The van der Waals surface area contributed by atoms with Crippen molar-refractivity contribution in [2.24, 2.45) is 0 Å². The summed E-state index contributed by atoms with van der Waals surface area (Å²) in [5.41, 5.74) is 1.18. The fraction of sp³-hybridized carbons (Fsp3) is 0.500. The summed E-state index contributed by atoms with van der Waals surface area (Å²) < 4.78 is 12.9. The summed E-state index contributed by atoms with van der Waals surface area (Å²) in [6, 6.07) is 7.12. The first kappa shape index (κ1) is 13.5. The Bertz CT molecular complexity index is 420. The van der Waals surface area contributed by atoms with Gasteiger partial charge in [-0.25, -0.2) is 4.39 Å². The Morgan fingerprint density at radius 1 is 1.39 bits per heavy atom. The second-order valence-electron chi connectivity index (χ2n) is 4.99. The molecule has 18 heavy (non-hydrogen) atoms. The number of rotatable bonds is 4. The molecule has 1 aromatic carbocycles. The fourth-order valence-electron chi connectivity index (χ4n) is 2.72. The SMILES string of the molecule is CN(CC(=O)Cl)[C@@H]1CCC(c2ccc(F)cc2)C1. The second kappa shape index (κ2) is 5.81. The molecule has 2 nitrogen and oxygen atoms in total. The number of halogens is 2. The van der Waals surface area contributed by atoms with Gasteiger partial charge in [-0.3, -0.25) is 9.69 Å². The lowest BCUT2D eigenvalue weighted by Crippen LogP contribution is -2.32. The van der Waals surface area contributed by atoms with E-state index in [2.05, 4.69) is 0 Å². The number of likely N-dealkylation sites (N-methyl/N-ethyl adjacent to an activating group) is 1. The van der Waals surface area contributed by atoms with Gasteiger partial charge in [0.1, 0.15) is 5.82 Å². The highest BCUT2D eigenvalue weighted by atomic mass is 35.5. The van der Waals surface area contributed by atoms with Crippen LogP contribution in [-0.4, -0.2) is 29.8 Å². The van der Waals surface area contributed by atoms with E-state index in [0.29, 0.717) is 18.5 Å². The van der Waals surface area contributed by atoms with Gasteiger partial charge in [-0.1, -0.05) is 12.1 Å². The van der Waals surface area contributed by atoms with Crippen molar-refractivity contribution in [2.45, 2.75) is 31.2 Å². The van der Waals surface area contributed by atoms with Crippen LogP contribution in [0.1, 0.15) is 30.7 Å². The van der Waals surface area contributed by atoms with E-state index >= 15 is 0 Å². The molecule has 0 heterocycles. The Labute approximate surface area is 112 Å². The van der Waals surface area contributed by atoms with Crippen LogP contribution in [0.4, 0.5) is 4.39 Å². The molecule has 0 saturated heterocycles. The number of hydrogen-bond acceptors (Lipinski definition) is 2. The molecule has 0 aliphatic heterocycles. The van der Waals surface area contributed by atoms with Crippen LogP contribution in [-0.2, 0) is 4.79 Å². The van der Waals surface area contributed by atoms with E-state index < -0.39 is 0 Å². The van der Waals surface area contributed by atoms with Crippen molar-refractivity contribution < 1.29 is 9.18 Å². The lowest BCUT2D eigenvalue weighted by Gasteiger charge is -2.22. The molecule has 0 aromatic heterocycles. The summed E-state index contributed by atoms with van der Waals surface area (Å²) in [7, 11) is 1.93. The Morgan fingerprint density at radius 2 is 2.06 bits per heavy atom. The van der Waals surface area contributed by atoms with Gasteiger partial charge in [0.15, 0.2) is 0 Å². The standard InChI is InChI=1S/C14H17ClFNO/c1-17(9-14(15)18)13-7-4-11(8-13)10-2-5-12(16)6-3-10/h2-3,5-6,11,13H,4,7-9H2,1H3/t11?,13-/m1/s1. The number of carbonyl (C=O) groups excluding carboxylic acids is 1. The summed E-state index contributed by atoms with van der Waals surface area (Å²) in [6.07, 6.45) is 3.14. The van der Waals surface area contributed by atoms with Gasteiger partial charge in [0, 0.05) is 6.04 Å². The van der Waals surface area contributed by atoms with Crippen molar-refractivity contribution in [3.63, 3.8) is 0 Å². The first-order valence-electron chi connectivity index (χ1n) is 6.20. The zero-order chi connectivity index (χ0) is 13.1. The zero-order valence-electron chi connectivity index (χ0n) is 10.4. The molecule has 0 N–H and O–H groups in total. The molecule has 2 atom stereocenters. The van der Waals surface area contributed by atoms with Crippen molar-refractivity contribution in [1.29, 1.82) is 0 Å². The van der Waals surface area contributed by atoms with Gasteiger partial charge in [0.05, 0.1) is 6.54 Å². The van der Waals surface area contributed by atoms with Crippen LogP contribution < -0.4 is 0 Å². The molecule has 0 radical (unpaired) electrons. The van der Waals surface area contributed by atoms with E-state index in [4.69, 9.17) is 11.6 Å². The summed E-state index contributed by atoms with van der Waals surface area (Å²) in [4.78, 5) is 12.9. The molecule has 2 rings (SSSR count). The predicted molar refractivity (Wildman–Crippen MR) is 70.3 cm³/mol. The first-order valence-corrected chi connectivity index (χ1v) is 6.58. The van der Waals surface area contributed by atoms with Crippen LogP contribution in [0.5, 0.6) is 0 Å². The summed E-state index contributed by atoms with van der Waals surface area (Å²) in [6.45, 7) is 0.294. The molecular weight excluding hydrogens is 253 g/mol. The fourth-order valence-corrected chi connectivity index (χ4v) is 2.91. The van der Waals surface area contributed by atoms with Crippen LogP contribution in [0.25, 0.3) is 0 Å². The minimum Gasteiger partial charge on any atom is -0.295 e. The Balaban J connectivity index is 1.95. The largest absolute Gasteiger partial charge is 0.295 e. The molecule has 1 aliphatic carbocycles. The van der Waals surface area contributed by atoms with Crippen LogP contribution in [0.15, 0.2) is 24.3 Å². The predicted octanol–water partition coefficient (Wildman–Crippen LogP) is 3.16. The van der Waals surface area contributed by atoms with E-state index in [0.717, 1.165) is 19.3 Å². The quantitative estimate of drug-likeness (QED) is 0.783. The molecule has 98 valence electrons. The lowest BCUT2D eigenvalue weighted by atomic mass is 9.97. The topological polar surface area (TPSA) is 20.3 Å². The van der Waals surface area contributed by atoms with Crippen molar-refractivity contribution in [1.82, 2.24) is 4.90 Å². The van der Waals surface area contributed by atoms with Gasteiger partial charge in [-0.2, -0.15) is 0 Å². The molecule has 0 spiro atoms. The molecule has 4 heteroatoms. The van der Waals surface area contributed by atoms with Crippen LogP contribution in [0, 0.1) is 5.82 Å². The summed E-state index contributed by atoms with van der Waals surface area (Å²) in [5.74, 6) is 0.265. The molecule has 1 aromatic rings. The zero-order valence-corrected chi connectivity index (χ0v) is 11.2. The maximum atomic E-state index is 12.9. The maximum absolute atomic E-state index is 12.9. The average Bonchev–Trinajstić information content (AvgIpc) is 2.78. The maximum Gasteiger partial charge on any atom is 0.235 e. The number of nitrogens with zero attached hydrogens (tertiary/aromatic N) is 1. The number of benzene rings is 1. The average molecular weight is 270 g/mol. The lowest BCUT2D eigenvalue weighted by molar-refractivity contribution is -0.112. The first-order chi connectivity index (χ1) is 8.56. The van der Waals surface area contributed by atoms with Crippen molar-refractivity contribution in [3.8, 4) is 0 Å². The minimum absolute atomic E-state index is 0.196. The van der Waals surface area contributed by atoms with Gasteiger partial charge in [-0.05, 0) is 61.5 Å². The van der Waals surface area contributed by atoms with Crippen LogP contribution in [0.2, 0.25) is 0 Å².